The van der Waals surface area contributed by atoms with Crippen molar-refractivity contribution in [3.8, 4) is 0 Å². The number of rotatable bonds is 6. The van der Waals surface area contributed by atoms with E-state index >= 15 is 0 Å². The lowest BCUT2D eigenvalue weighted by atomic mass is 10.1. The van der Waals surface area contributed by atoms with E-state index in [-0.39, 0.29) is 18.0 Å². The SMILES string of the molecule is C[C@H](NC(=O)[C@H](C)N1CCN(Cc2cccs2)CC1)c1ccccc1. The van der Waals surface area contributed by atoms with Crippen molar-refractivity contribution >= 4 is 17.2 Å². The molecule has 134 valence electrons. The van der Waals surface area contributed by atoms with Gasteiger partial charge in [-0.2, -0.15) is 0 Å². The molecular weight excluding hydrogens is 330 g/mol. The molecule has 4 nitrogen and oxygen atoms in total. The zero-order valence-corrected chi connectivity index (χ0v) is 15.8. The van der Waals surface area contributed by atoms with Crippen molar-refractivity contribution in [3.63, 3.8) is 0 Å². The molecule has 2 atom stereocenters. The van der Waals surface area contributed by atoms with Crippen molar-refractivity contribution < 1.29 is 4.79 Å². The zero-order chi connectivity index (χ0) is 17.6. The normalized spacial score (nSPS) is 18.6. The summed E-state index contributed by atoms with van der Waals surface area (Å²) in [5, 5.41) is 5.28. The van der Waals surface area contributed by atoms with E-state index < -0.39 is 0 Å². The summed E-state index contributed by atoms with van der Waals surface area (Å²) in [4.78, 5) is 18.8. The number of hydrogen-bond acceptors (Lipinski definition) is 4. The van der Waals surface area contributed by atoms with Gasteiger partial charge in [-0.3, -0.25) is 14.6 Å². The maximum atomic E-state index is 12.6. The van der Waals surface area contributed by atoms with Gasteiger partial charge in [-0.25, -0.2) is 0 Å². The third-order valence-electron chi connectivity index (χ3n) is 4.95. The predicted octanol–water partition coefficient (Wildman–Crippen LogP) is 3.13. The Morgan fingerprint density at radius 3 is 2.44 bits per heavy atom. The fourth-order valence-electron chi connectivity index (χ4n) is 3.26. The predicted molar refractivity (Wildman–Crippen MR) is 104 cm³/mol. The van der Waals surface area contributed by atoms with Gasteiger partial charge < -0.3 is 5.32 Å². The first-order valence-corrected chi connectivity index (χ1v) is 9.85. The van der Waals surface area contributed by atoms with Crippen LogP contribution in [-0.2, 0) is 11.3 Å². The van der Waals surface area contributed by atoms with Crippen LogP contribution < -0.4 is 5.32 Å². The molecule has 2 heterocycles. The lowest BCUT2D eigenvalue weighted by molar-refractivity contribution is -0.127. The van der Waals surface area contributed by atoms with Crippen LogP contribution in [0, 0.1) is 0 Å². The Balaban J connectivity index is 1.46. The minimum Gasteiger partial charge on any atom is -0.348 e. The molecule has 1 aromatic carbocycles. The summed E-state index contributed by atoms with van der Waals surface area (Å²) >= 11 is 1.81. The second-order valence-electron chi connectivity index (χ2n) is 6.71. The molecule has 1 aliphatic rings. The molecule has 1 saturated heterocycles. The van der Waals surface area contributed by atoms with Gasteiger partial charge in [0.05, 0.1) is 12.1 Å². The Morgan fingerprint density at radius 2 is 1.80 bits per heavy atom. The first kappa shape index (κ1) is 18.1. The van der Waals surface area contributed by atoms with Gasteiger partial charge in [-0.05, 0) is 30.9 Å². The van der Waals surface area contributed by atoms with Gasteiger partial charge in [0.1, 0.15) is 0 Å². The maximum Gasteiger partial charge on any atom is 0.237 e. The summed E-state index contributed by atoms with van der Waals surface area (Å²) in [5.74, 6) is 0.114. The van der Waals surface area contributed by atoms with E-state index in [0.717, 1.165) is 38.3 Å². The van der Waals surface area contributed by atoms with Crippen molar-refractivity contribution in [3.05, 3.63) is 58.3 Å². The minimum atomic E-state index is -0.0879. The van der Waals surface area contributed by atoms with E-state index in [1.807, 2.05) is 43.4 Å². The standard InChI is InChI=1S/C20H27N3OS/c1-16(18-7-4-3-5-8-18)21-20(24)17(2)23-12-10-22(11-13-23)15-19-9-6-14-25-19/h3-9,14,16-17H,10-13,15H2,1-2H3,(H,21,24)/t16-,17-/m0/s1. The average molecular weight is 358 g/mol. The van der Waals surface area contributed by atoms with Crippen LogP contribution in [0.5, 0.6) is 0 Å². The molecule has 0 unspecified atom stereocenters. The number of benzene rings is 1. The Hall–Kier alpha value is -1.69. The summed E-state index contributed by atoms with van der Waals surface area (Å²) in [5.41, 5.74) is 1.14. The lowest BCUT2D eigenvalue weighted by Crippen LogP contribution is -2.53. The van der Waals surface area contributed by atoms with Crippen LogP contribution in [0.3, 0.4) is 0 Å². The maximum absolute atomic E-state index is 12.6. The Bertz CT molecular complexity index is 651. The van der Waals surface area contributed by atoms with Crippen molar-refractivity contribution in [1.82, 2.24) is 15.1 Å². The molecule has 1 amide bonds. The van der Waals surface area contributed by atoms with Crippen LogP contribution in [0.4, 0.5) is 0 Å². The molecule has 1 N–H and O–H groups in total. The van der Waals surface area contributed by atoms with E-state index in [1.165, 1.54) is 4.88 Å². The highest BCUT2D eigenvalue weighted by atomic mass is 32.1. The van der Waals surface area contributed by atoms with Crippen LogP contribution in [0.1, 0.15) is 30.3 Å². The number of carbonyl (C=O) groups is 1. The summed E-state index contributed by atoms with van der Waals surface area (Å²) < 4.78 is 0. The van der Waals surface area contributed by atoms with Gasteiger partial charge in [0.15, 0.2) is 0 Å². The first-order chi connectivity index (χ1) is 12.1. The summed E-state index contributed by atoms with van der Waals surface area (Å²) in [6, 6.07) is 14.4. The van der Waals surface area contributed by atoms with Crippen LogP contribution in [0.15, 0.2) is 47.8 Å². The van der Waals surface area contributed by atoms with E-state index in [2.05, 4.69) is 44.8 Å². The van der Waals surface area contributed by atoms with Crippen molar-refractivity contribution in [2.45, 2.75) is 32.5 Å². The molecule has 0 saturated carbocycles. The van der Waals surface area contributed by atoms with Crippen molar-refractivity contribution in [1.29, 1.82) is 0 Å². The van der Waals surface area contributed by atoms with E-state index in [4.69, 9.17) is 0 Å². The van der Waals surface area contributed by atoms with Gasteiger partial charge in [0.25, 0.3) is 0 Å². The number of nitrogens with one attached hydrogen (secondary N) is 1. The van der Waals surface area contributed by atoms with E-state index in [1.54, 1.807) is 0 Å². The topological polar surface area (TPSA) is 35.6 Å². The smallest absolute Gasteiger partial charge is 0.237 e. The average Bonchev–Trinajstić information content (AvgIpc) is 3.15. The fourth-order valence-corrected chi connectivity index (χ4v) is 4.00. The number of nitrogens with zero attached hydrogens (tertiary/aromatic N) is 2. The third-order valence-corrected chi connectivity index (χ3v) is 5.81. The first-order valence-electron chi connectivity index (χ1n) is 8.97. The van der Waals surface area contributed by atoms with Crippen molar-refractivity contribution in [2.75, 3.05) is 26.2 Å². The number of thiophene rings is 1. The van der Waals surface area contributed by atoms with E-state index in [9.17, 15) is 4.79 Å². The number of hydrogen-bond donors (Lipinski definition) is 1. The number of amides is 1. The van der Waals surface area contributed by atoms with Crippen molar-refractivity contribution in [2.24, 2.45) is 0 Å². The van der Waals surface area contributed by atoms with E-state index in [0.29, 0.717) is 0 Å². The van der Waals surface area contributed by atoms with Gasteiger partial charge in [0, 0.05) is 37.6 Å². The molecule has 0 spiro atoms. The van der Waals surface area contributed by atoms with Gasteiger partial charge in [-0.1, -0.05) is 36.4 Å². The van der Waals surface area contributed by atoms with Crippen LogP contribution in [-0.4, -0.2) is 47.9 Å². The molecule has 0 bridgehead atoms. The molecule has 2 aromatic rings. The van der Waals surface area contributed by atoms with Gasteiger partial charge in [0.2, 0.25) is 5.91 Å². The number of carbonyl (C=O) groups excluding carboxylic acids is 1. The molecule has 0 radical (unpaired) electrons. The van der Waals surface area contributed by atoms with Crippen LogP contribution in [0.25, 0.3) is 0 Å². The molecule has 1 aromatic heterocycles. The molecule has 1 aliphatic heterocycles. The highest BCUT2D eigenvalue weighted by Crippen LogP contribution is 2.16. The van der Waals surface area contributed by atoms with Gasteiger partial charge in [-0.15, -0.1) is 11.3 Å². The molecule has 3 rings (SSSR count). The molecule has 0 aliphatic carbocycles. The van der Waals surface area contributed by atoms with Crippen LogP contribution in [0.2, 0.25) is 0 Å². The quantitative estimate of drug-likeness (QED) is 0.863. The highest BCUT2D eigenvalue weighted by Gasteiger charge is 2.26. The molecule has 5 heteroatoms. The third kappa shape index (κ3) is 4.91. The minimum absolute atomic E-state index is 0.0382. The zero-order valence-electron chi connectivity index (χ0n) is 15.0. The largest absolute Gasteiger partial charge is 0.348 e. The molecule has 25 heavy (non-hydrogen) atoms. The van der Waals surface area contributed by atoms with Crippen LogP contribution >= 0.6 is 11.3 Å². The summed E-state index contributed by atoms with van der Waals surface area (Å²) in [6.07, 6.45) is 0. The fraction of sp³-hybridized carbons (Fsp3) is 0.450. The second-order valence-corrected chi connectivity index (χ2v) is 7.74. The second kappa shape index (κ2) is 8.61. The summed E-state index contributed by atoms with van der Waals surface area (Å²) in [6.45, 7) is 9.00. The number of piperazine rings is 1. The Kier molecular flexibility index (Phi) is 6.24. The Morgan fingerprint density at radius 1 is 1.08 bits per heavy atom. The molecular formula is C20H27N3OS. The Labute approximate surface area is 154 Å². The molecule has 1 fully saturated rings. The summed E-state index contributed by atoms with van der Waals surface area (Å²) in [7, 11) is 0. The highest BCUT2D eigenvalue weighted by molar-refractivity contribution is 7.09. The monoisotopic (exact) mass is 357 g/mol. The van der Waals surface area contributed by atoms with Gasteiger partial charge >= 0.3 is 0 Å². The lowest BCUT2D eigenvalue weighted by Gasteiger charge is -2.37.